The van der Waals surface area contributed by atoms with Crippen LogP contribution in [0.1, 0.15) is 18.1 Å². The Morgan fingerprint density at radius 1 is 1.00 bits per heavy atom. The number of hydrogen-bond donors (Lipinski definition) is 1. The van der Waals surface area contributed by atoms with E-state index in [1.54, 1.807) is 26.8 Å². The lowest BCUT2D eigenvalue weighted by atomic mass is 10.1. The van der Waals surface area contributed by atoms with Crippen LogP contribution in [0.3, 0.4) is 0 Å². The van der Waals surface area contributed by atoms with Gasteiger partial charge in [-0.05, 0) is 55.3 Å². The Morgan fingerprint density at radius 3 is 2.12 bits per heavy atom. The van der Waals surface area contributed by atoms with E-state index < -0.39 is 20.0 Å². The van der Waals surface area contributed by atoms with Crippen molar-refractivity contribution in [2.75, 3.05) is 17.9 Å². The summed E-state index contributed by atoms with van der Waals surface area (Å²) < 4.78 is 54.1. The van der Waals surface area contributed by atoms with Crippen molar-refractivity contribution < 1.29 is 16.8 Å². The first kappa shape index (κ1) is 20.7. The predicted molar refractivity (Wildman–Crippen MR) is 104 cm³/mol. The summed E-state index contributed by atoms with van der Waals surface area (Å²) in [4.78, 5) is 0.124. The van der Waals surface area contributed by atoms with Gasteiger partial charge in [0.05, 0.1) is 15.5 Å². The van der Waals surface area contributed by atoms with Gasteiger partial charge in [0, 0.05) is 18.6 Å². The molecule has 0 saturated heterocycles. The van der Waals surface area contributed by atoms with Crippen LogP contribution in [0.5, 0.6) is 0 Å². The van der Waals surface area contributed by atoms with Gasteiger partial charge in [-0.3, -0.25) is 4.31 Å². The highest BCUT2D eigenvalue weighted by Gasteiger charge is 2.25. The van der Waals surface area contributed by atoms with Crippen LogP contribution in [0, 0.1) is 13.8 Å². The molecule has 0 aliphatic carbocycles. The summed E-state index contributed by atoms with van der Waals surface area (Å²) in [5, 5.41) is 0.428. The minimum absolute atomic E-state index is 0.0538. The smallest absolute Gasteiger partial charge is 0.264 e. The first-order chi connectivity index (χ1) is 12.0. The molecule has 9 heteroatoms. The van der Waals surface area contributed by atoms with Crippen LogP contribution in [-0.2, 0) is 20.0 Å². The topological polar surface area (TPSA) is 83.6 Å². The number of halogens is 1. The molecule has 0 saturated carbocycles. The van der Waals surface area contributed by atoms with Gasteiger partial charge in [0.25, 0.3) is 10.0 Å². The molecule has 0 heterocycles. The number of aryl methyl sites for hydroxylation is 2. The third-order valence-corrected chi connectivity index (χ3v) is 7.65. The van der Waals surface area contributed by atoms with Crippen molar-refractivity contribution in [3.8, 4) is 0 Å². The molecule has 0 unspecified atom stereocenters. The zero-order valence-corrected chi connectivity index (χ0v) is 17.3. The van der Waals surface area contributed by atoms with E-state index in [1.165, 1.54) is 37.4 Å². The van der Waals surface area contributed by atoms with Gasteiger partial charge < -0.3 is 0 Å². The van der Waals surface area contributed by atoms with E-state index >= 15 is 0 Å². The maximum Gasteiger partial charge on any atom is 0.264 e. The van der Waals surface area contributed by atoms with Crippen LogP contribution < -0.4 is 9.03 Å². The molecule has 0 radical (unpaired) electrons. The molecule has 0 aliphatic rings. The van der Waals surface area contributed by atoms with Gasteiger partial charge in [-0.25, -0.2) is 21.6 Å². The lowest BCUT2D eigenvalue weighted by molar-refractivity contribution is 0.582. The highest BCUT2D eigenvalue weighted by atomic mass is 35.5. The molecule has 0 fully saturated rings. The molecular formula is C17H21ClN2O4S2. The Balaban J connectivity index is 2.59. The molecule has 0 spiro atoms. The Hall–Kier alpha value is -1.61. The third-order valence-electron chi connectivity index (χ3n) is 3.93. The molecule has 0 amide bonds. The molecule has 6 nitrogen and oxygen atoms in total. The van der Waals surface area contributed by atoms with E-state index in [0.717, 1.165) is 4.31 Å². The Labute approximate surface area is 159 Å². The van der Waals surface area contributed by atoms with Gasteiger partial charge in [-0.2, -0.15) is 0 Å². The fourth-order valence-corrected chi connectivity index (χ4v) is 5.28. The van der Waals surface area contributed by atoms with Gasteiger partial charge in [-0.1, -0.05) is 24.6 Å². The molecule has 142 valence electrons. The molecule has 0 atom stereocenters. The van der Waals surface area contributed by atoms with Gasteiger partial charge in [0.1, 0.15) is 0 Å². The van der Waals surface area contributed by atoms with Crippen LogP contribution in [0.4, 0.5) is 5.69 Å². The summed E-state index contributed by atoms with van der Waals surface area (Å²) >= 11 is 5.82. The Morgan fingerprint density at radius 2 is 1.58 bits per heavy atom. The van der Waals surface area contributed by atoms with Crippen molar-refractivity contribution in [3.63, 3.8) is 0 Å². The average molecular weight is 417 g/mol. The second-order valence-electron chi connectivity index (χ2n) is 5.83. The van der Waals surface area contributed by atoms with Crippen LogP contribution >= 0.6 is 11.6 Å². The number of hydrogen-bond acceptors (Lipinski definition) is 4. The molecule has 0 aliphatic heterocycles. The van der Waals surface area contributed by atoms with Crippen molar-refractivity contribution in [1.82, 2.24) is 4.72 Å². The van der Waals surface area contributed by atoms with E-state index in [1.807, 2.05) is 0 Å². The van der Waals surface area contributed by atoms with Crippen molar-refractivity contribution in [2.45, 2.75) is 30.6 Å². The minimum atomic E-state index is -3.86. The molecule has 0 aromatic heterocycles. The first-order valence-electron chi connectivity index (χ1n) is 7.86. The normalized spacial score (nSPS) is 12.2. The number of rotatable bonds is 6. The Bertz CT molecular complexity index is 1020. The summed E-state index contributed by atoms with van der Waals surface area (Å²) in [6.45, 7) is 5.33. The van der Waals surface area contributed by atoms with Crippen LogP contribution in [-0.4, -0.2) is 30.4 Å². The van der Waals surface area contributed by atoms with Crippen molar-refractivity contribution >= 4 is 37.3 Å². The first-order valence-corrected chi connectivity index (χ1v) is 11.2. The van der Waals surface area contributed by atoms with E-state index in [2.05, 4.69) is 4.72 Å². The molecule has 2 aromatic carbocycles. The molecular weight excluding hydrogens is 396 g/mol. The number of nitrogens with zero attached hydrogens (tertiary/aromatic N) is 1. The van der Waals surface area contributed by atoms with Crippen LogP contribution in [0.15, 0.2) is 46.2 Å². The van der Waals surface area contributed by atoms with Gasteiger partial charge in [0.15, 0.2) is 0 Å². The molecule has 26 heavy (non-hydrogen) atoms. The molecule has 1 N–H and O–H groups in total. The van der Waals surface area contributed by atoms with Gasteiger partial charge in [0.2, 0.25) is 10.0 Å². The van der Waals surface area contributed by atoms with Crippen molar-refractivity contribution in [2.24, 2.45) is 0 Å². The fourth-order valence-electron chi connectivity index (χ4n) is 2.61. The Kier molecular flexibility index (Phi) is 6.02. The van der Waals surface area contributed by atoms with Crippen LogP contribution in [0.25, 0.3) is 0 Å². The van der Waals surface area contributed by atoms with E-state index in [0.29, 0.717) is 21.8 Å². The van der Waals surface area contributed by atoms with Crippen LogP contribution in [0.2, 0.25) is 5.02 Å². The maximum atomic E-state index is 12.9. The summed E-state index contributed by atoms with van der Waals surface area (Å²) in [5.74, 6) is 0. The van der Waals surface area contributed by atoms with E-state index in [-0.39, 0.29) is 16.3 Å². The highest BCUT2D eigenvalue weighted by Crippen LogP contribution is 2.30. The molecule has 0 bridgehead atoms. The lowest BCUT2D eigenvalue weighted by Gasteiger charge is -2.23. The minimum Gasteiger partial charge on any atom is -0.269 e. The number of benzene rings is 2. The van der Waals surface area contributed by atoms with Crippen molar-refractivity contribution in [3.05, 3.63) is 52.5 Å². The molecule has 2 rings (SSSR count). The number of sulfonamides is 2. The van der Waals surface area contributed by atoms with Crippen molar-refractivity contribution in [1.29, 1.82) is 0 Å². The summed E-state index contributed by atoms with van der Waals surface area (Å²) in [6, 6.07) is 8.85. The maximum absolute atomic E-state index is 12.9. The lowest BCUT2D eigenvalue weighted by Crippen LogP contribution is -2.28. The number of anilines is 1. The zero-order chi connectivity index (χ0) is 19.7. The van der Waals surface area contributed by atoms with Gasteiger partial charge in [-0.15, -0.1) is 0 Å². The molecule has 2 aromatic rings. The summed E-state index contributed by atoms with van der Waals surface area (Å²) in [6.07, 6.45) is 0. The predicted octanol–water partition coefficient (Wildman–Crippen LogP) is 3.08. The number of nitrogens with one attached hydrogen (secondary N) is 1. The third kappa shape index (κ3) is 4.03. The van der Waals surface area contributed by atoms with E-state index in [9.17, 15) is 16.8 Å². The SMILES string of the molecule is CCNS(=O)(=O)c1cc(N(C)S(=O)(=O)c2ccc(Cl)cc2)c(C)cc1C. The second-order valence-corrected chi connectivity index (χ2v) is 9.97. The standard InChI is InChI=1S/C17H21ClN2O4S2/c1-5-19-25(21,22)17-11-16(12(2)10-13(17)3)20(4)26(23,24)15-8-6-14(18)7-9-15/h6-11,19H,5H2,1-4H3. The average Bonchev–Trinajstić information content (AvgIpc) is 2.54. The van der Waals surface area contributed by atoms with E-state index in [4.69, 9.17) is 11.6 Å². The largest absolute Gasteiger partial charge is 0.269 e. The second kappa shape index (κ2) is 7.56. The quantitative estimate of drug-likeness (QED) is 0.784. The highest BCUT2D eigenvalue weighted by molar-refractivity contribution is 7.92. The monoisotopic (exact) mass is 416 g/mol. The summed E-state index contributed by atoms with van der Waals surface area (Å²) in [5.41, 5.74) is 1.49. The summed E-state index contributed by atoms with van der Waals surface area (Å²) in [7, 11) is -6.18. The fraction of sp³-hybridized carbons (Fsp3) is 0.294. The van der Waals surface area contributed by atoms with Gasteiger partial charge >= 0.3 is 0 Å². The zero-order valence-electron chi connectivity index (χ0n) is 14.9.